The molecule has 2 aromatic rings. The summed E-state index contributed by atoms with van der Waals surface area (Å²) in [6, 6.07) is 5.28. The third kappa shape index (κ3) is 3.33. The van der Waals surface area contributed by atoms with E-state index in [0.717, 1.165) is 0 Å². The molecule has 1 heterocycles. The zero-order chi connectivity index (χ0) is 13.9. The van der Waals surface area contributed by atoms with E-state index in [1.807, 2.05) is 6.92 Å². The molecule has 0 unspecified atom stereocenters. The second-order valence-corrected chi connectivity index (χ2v) is 5.66. The summed E-state index contributed by atoms with van der Waals surface area (Å²) in [5.41, 5.74) is 0. The molecule has 0 aliphatic carbocycles. The molecule has 0 aliphatic rings. The molecule has 1 aromatic carbocycles. The van der Waals surface area contributed by atoms with Crippen LogP contribution in [0.1, 0.15) is 18.6 Å². The van der Waals surface area contributed by atoms with Crippen molar-refractivity contribution < 1.29 is 17.9 Å². The summed E-state index contributed by atoms with van der Waals surface area (Å²) in [7, 11) is -3.63. The molecule has 19 heavy (non-hydrogen) atoms. The van der Waals surface area contributed by atoms with Gasteiger partial charge in [0.1, 0.15) is 11.5 Å². The second-order valence-electron chi connectivity index (χ2n) is 3.89. The number of rotatable bonds is 5. The third-order valence-corrected chi connectivity index (χ3v) is 3.93. The highest BCUT2D eigenvalue weighted by Crippen LogP contribution is 2.14. The Morgan fingerprint density at radius 1 is 1.32 bits per heavy atom. The first kappa shape index (κ1) is 13.6. The van der Waals surface area contributed by atoms with E-state index in [1.165, 1.54) is 24.3 Å². The number of aromatic nitrogens is 1. The van der Waals surface area contributed by atoms with E-state index in [0.29, 0.717) is 18.1 Å². The SMILES string of the molecule is CCc1cnc(CNS(=O)(=O)c2ccc(O)cc2)o1. The topological polar surface area (TPSA) is 92.4 Å². The average Bonchev–Trinajstić information content (AvgIpc) is 2.85. The maximum atomic E-state index is 11.9. The zero-order valence-electron chi connectivity index (χ0n) is 10.3. The number of hydrogen-bond acceptors (Lipinski definition) is 5. The number of phenolic OH excluding ortho intramolecular Hbond substituents is 1. The highest BCUT2D eigenvalue weighted by molar-refractivity contribution is 7.89. The molecule has 102 valence electrons. The normalized spacial score (nSPS) is 11.6. The second kappa shape index (κ2) is 5.41. The van der Waals surface area contributed by atoms with Crippen molar-refractivity contribution in [2.75, 3.05) is 0 Å². The molecule has 2 N–H and O–H groups in total. The van der Waals surface area contributed by atoms with E-state index in [4.69, 9.17) is 9.52 Å². The molecule has 0 bridgehead atoms. The number of nitrogens with zero attached hydrogens (tertiary/aromatic N) is 1. The molecule has 2 rings (SSSR count). The van der Waals surface area contributed by atoms with Gasteiger partial charge in [-0.15, -0.1) is 0 Å². The van der Waals surface area contributed by atoms with Crippen LogP contribution in [0.3, 0.4) is 0 Å². The van der Waals surface area contributed by atoms with Crippen molar-refractivity contribution in [1.29, 1.82) is 0 Å². The highest BCUT2D eigenvalue weighted by atomic mass is 32.2. The molecule has 7 heteroatoms. The van der Waals surface area contributed by atoms with Crippen molar-refractivity contribution in [2.45, 2.75) is 24.8 Å². The number of phenols is 1. The Labute approximate surface area is 111 Å². The van der Waals surface area contributed by atoms with E-state index in [9.17, 15) is 8.42 Å². The summed E-state index contributed by atoms with van der Waals surface area (Å²) >= 11 is 0. The highest BCUT2D eigenvalue weighted by Gasteiger charge is 2.15. The Morgan fingerprint density at radius 2 is 2.00 bits per heavy atom. The van der Waals surface area contributed by atoms with Crippen LogP contribution in [0.25, 0.3) is 0 Å². The summed E-state index contributed by atoms with van der Waals surface area (Å²) in [6.45, 7) is 1.91. The fourth-order valence-electron chi connectivity index (χ4n) is 1.46. The zero-order valence-corrected chi connectivity index (χ0v) is 11.1. The predicted molar refractivity (Wildman–Crippen MR) is 68.0 cm³/mol. The smallest absolute Gasteiger partial charge is 0.241 e. The molecule has 0 fully saturated rings. The first-order valence-electron chi connectivity index (χ1n) is 5.73. The van der Waals surface area contributed by atoms with Crippen LogP contribution >= 0.6 is 0 Å². The van der Waals surface area contributed by atoms with Crippen molar-refractivity contribution >= 4 is 10.0 Å². The Balaban J connectivity index is 2.07. The van der Waals surface area contributed by atoms with Gasteiger partial charge in [-0.3, -0.25) is 0 Å². The molecule has 0 aliphatic heterocycles. The van der Waals surface area contributed by atoms with Gasteiger partial charge in [0.15, 0.2) is 0 Å². The quantitative estimate of drug-likeness (QED) is 0.865. The largest absolute Gasteiger partial charge is 0.508 e. The first-order chi connectivity index (χ1) is 9.01. The van der Waals surface area contributed by atoms with E-state index in [1.54, 1.807) is 6.20 Å². The van der Waals surface area contributed by atoms with Crippen LogP contribution in [0.4, 0.5) is 0 Å². The predicted octanol–water partition coefficient (Wildman–Crippen LogP) is 1.42. The van der Waals surface area contributed by atoms with Crippen molar-refractivity contribution in [3.8, 4) is 5.75 Å². The lowest BCUT2D eigenvalue weighted by Crippen LogP contribution is -2.23. The Bertz CT molecular complexity index is 647. The van der Waals surface area contributed by atoms with Gasteiger partial charge in [-0.05, 0) is 24.3 Å². The molecule has 1 aromatic heterocycles. The van der Waals surface area contributed by atoms with Gasteiger partial charge in [0.25, 0.3) is 0 Å². The lowest BCUT2D eigenvalue weighted by molar-refractivity contribution is 0.452. The van der Waals surface area contributed by atoms with Crippen LogP contribution in [0.2, 0.25) is 0 Å². The standard InChI is InChI=1S/C12H14N2O4S/c1-2-10-7-13-12(18-10)8-14-19(16,17)11-5-3-9(15)4-6-11/h3-7,14-15H,2,8H2,1H3. The van der Waals surface area contributed by atoms with Crippen LogP contribution < -0.4 is 4.72 Å². The fraction of sp³-hybridized carbons (Fsp3) is 0.250. The van der Waals surface area contributed by atoms with Crippen LogP contribution in [-0.4, -0.2) is 18.5 Å². The van der Waals surface area contributed by atoms with Crippen LogP contribution in [-0.2, 0) is 23.0 Å². The van der Waals surface area contributed by atoms with Crippen LogP contribution in [0.15, 0.2) is 39.8 Å². The molecule has 0 amide bonds. The summed E-state index contributed by atoms with van der Waals surface area (Å²) in [5.74, 6) is 1.04. The summed E-state index contributed by atoms with van der Waals surface area (Å²) in [5, 5.41) is 9.12. The van der Waals surface area contributed by atoms with Crippen LogP contribution in [0.5, 0.6) is 5.75 Å². The monoisotopic (exact) mass is 282 g/mol. The number of oxazole rings is 1. The van der Waals surface area contributed by atoms with Crippen LogP contribution in [0, 0.1) is 0 Å². The molecule has 0 saturated carbocycles. The minimum atomic E-state index is -3.63. The van der Waals surface area contributed by atoms with Crippen molar-refractivity contribution in [1.82, 2.24) is 9.71 Å². The minimum Gasteiger partial charge on any atom is -0.508 e. The molecular formula is C12H14N2O4S. The van der Waals surface area contributed by atoms with E-state index in [-0.39, 0.29) is 17.2 Å². The Kier molecular flexibility index (Phi) is 3.87. The van der Waals surface area contributed by atoms with Gasteiger partial charge in [0.05, 0.1) is 17.6 Å². The van der Waals surface area contributed by atoms with Crippen molar-refractivity contribution in [3.05, 3.63) is 42.1 Å². The molecule has 0 spiro atoms. The van der Waals surface area contributed by atoms with Crippen molar-refractivity contribution in [3.63, 3.8) is 0 Å². The molecule has 6 nitrogen and oxygen atoms in total. The first-order valence-corrected chi connectivity index (χ1v) is 7.22. The average molecular weight is 282 g/mol. The lowest BCUT2D eigenvalue weighted by atomic mass is 10.3. The number of sulfonamides is 1. The van der Waals surface area contributed by atoms with Gasteiger partial charge in [-0.1, -0.05) is 6.92 Å². The van der Waals surface area contributed by atoms with Gasteiger partial charge in [0, 0.05) is 6.42 Å². The number of nitrogens with one attached hydrogen (secondary N) is 1. The number of benzene rings is 1. The van der Waals surface area contributed by atoms with E-state index >= 15 is 0 Å². The number of hydrogen-bond donors (Lipinski definition) is 2. The van der Waals surface area contributed by atoms with Gasteiger partial charge in [-0.25, -0.2) is 18.1 Å². The van der Waals surface area contributed by atoms with E-state index < -0.39 is 10.0 Å². The summed E-state index contributed by atoms with van der Waals surface area (Å²) in [4.78, 5) is 4.04. The molecule has 0 saturated heterocycles. The van der Waals surface area contributed by atoms with Gasteiger partial charge < -0.3 is 9.52 Å². The maximum absolute atomic E-state index is 11.9. The lowest BCUT2D eigenvalue weighted by Gasteiger charge is -2.04. The number of aromatic hydroxyl groups is 1. The number of aryl methyl sites for hydroxylation is 1. The van der Waals surface area contributed by atoms with Gasteiger partial charge in [-0.2, -0.15) is 0 Å². The summed E-state index contributed by atoms with van der Waals surface area (Å²) in [6.07, 6.45) is 2.28. The molecular weight excluding hydrogens is 268 g/mol. The van der Waals surface area contributed by atoms with E-state index in [2.05, 4.69) is 9.71 Å². The minimum absolute atomic E-state index is 0.0107. The fourth-order valence-corrected chi connectivity index (χ4v) is 2.43. The van der Waals surface area contributed by atoms with Gasteiger partial charge in [0.2, 0.25) is 15.9 Å². The molecule has 0 atom stereocenters. The Hall–Kier alpha value is -1.86. The Morgan fingerprint density at radius 3 is 2.58 bits per heavy atom. The van der Waals surface area contributed by atoms with Gasteiger partial charge >= 0.3 is 0 Å². The third-order valence-electron chi connectivity index (χ3n) is 2.51. The summed E-state index contributed by atoms with van der Waals surface area (Å²) < 4.78 is 31.5. The molecule has 0 radical (unpaired) electrons. The maximum Gasteiger partial charge on any atom is 0.241 e. The van der Waals surface area contributed by atoms with Crippen molar-refractivity contribution in [2.24, 2.45) is 0 Å².